The van der Waals surface area contributed by atoms with Crippen LogP contribution in [-0.4, -0.2) is 82.7 Å². The Labute approximate surface area is 259 Å². The number of phenols is 1. The topological polar surface area (TPSA) is 106 Å². The third kappa shape index (κ3) is 5.38. The summed E-state index contributed by atoms with van der Waals surface area (Å²) in [6.07, 6.45) is 3.37. The van der Waals surface area contributed by atoms with Crippen molar-refractivity contribution in [3.8, 4) is 29.0 Å². The number of phenolic OH excluding ortho intramolecular Hbond substituents is 1. The third-order valence-electron chi connectivity index (χ3n) is 8.64. The molecule has 0 spiro atoms. The van der Waals surface area contributed by atoms with Crippen LogP contribution < -0.4 is 9.64 Å². The predicted molar refractivity (Wildman–Crippen MR) is 168 cm³/mol. The van der Waals surface area contributed by atoms with E-state index in [1.165, 1.54) is 12.1 Å². The molecule has 0 bridgehead atoms. The van der Waals surface area contributed by atoms with Gasteiger partial charge in [-0.15, -0.1) is 0 Å². The zero-order valence-corrected chi connectivity index (χ0v) is 25.1. The standard InChI is InChI=1S/C33H32ClFN6O3/c1-3-27(43)41-16-15-40(18-21(41)12-13-36)32-24-17-26(42)29(23-10-4-7-20-8-5-11-25(34)28(20)23)30(35)31(24)37-33(38-32)44-19-22-9-6-14-39(22)2/h3-5,7-8,10-11,17,21-22,42H,1,6,9,12,14-16,18-19H2,2H3/t21-,22-/m0/s1. The number of hydrogen-bond acceptors (Lipinski definition) is 8. The Balaban J connectivity index is 1.49. The number of likely N-dealkylation sites (tertiary alicyclic amines) is 1. The van der Waals surface area contributed by atoms with Crippen LogP contribution in [0.3, 0.4) is 0 Å². The number of nitrogens with zero attached hydrogens (tertiary/aromatic N) is 6. The number of ether oxygens (including phenoxy) is 1. The van der Waals surface area contributed by atoms with Crippen LogP contribution in [-0.2, 0) is 4.79 Å². The van der Waals surface area contributed by atoms with Crippen molar-refractivity contribution in [1.29, 1.82) is 5.26 Å². The number of hydrogen-bond donors (Lipinski definition) is 1. The SMILES string of the molecule is C=CC(=O)N1CCN(c2nc(OC[C@@H]3CCCN3C)nc3c(F)c(-c4cccc5cccc(Cl)c45)c(O)cc23)C[C@@H]1CC#N. The monoisotopic (exact) mass is 614 g/mol. The average Bonchev–Trinajstić information content (AvgIpc) is 3.44. The second-order valence-electron chi connectivity index (χ2n) is 11.2. The molecule has 9 nitrogen and oxygen atoms in total. The van der Waals surface area contributed by atoms with Crippen LogP contribution in [0.2, 0.25) is 5.02 Å². The number of halogens is 2. The lowest BCUT2D eigenvalue weighted by atomic mass is 9.95. The minimum Gasteiger partial charge on any atom is -0.507 e. The van der Waals surface area contributed by atoms with Gasteiger partial charge in [0.2, 0.25) is 5.91 Å². The third-order valence-corrected chi connectivity index (χ3v) is 8.95. The number of amides is 1. The number of aromatic hydroxyl groups is 1. The fourth-order valence-electron chi connectivity index (χ4n) is 6.34. The normalized spacial score (nSPS) is 19.0. The molecule has 11 heteroatoms. The van der Waals surface area contributed by atoms with Crippen LogP contribution in [0.4, 0.5) is 10.2 Å². The molecule has 0 radical (unpaired) electrons. The van der Waals surface area contributed by atoms with Crippen LogP contribution in [0.5, 0.6) is 11.8 Å². The van der Waals surface area contributed by atoms with Crippen molar-refractivity contribution in [2.24, 2.45) is 0 Å². The van der Waals surface area contributed by atoms with Gasteiger partial charge >= 0.3 is 6.01 Å². The number of likely N-dealkylation sites (N-methyl/N-ethyl adjacent to an activating group) is 1. The van der Waals surface area contributed by atoms with Gasteiger partial charge in [0, 0.05) is 41.5 Å². The van der Waals surface area contributed by atoms with E-state index in [0.29, 0.717) is 46.9 Å². The molecule has 2 aliphatic heterocycles. The van der Waals surface area contributed by atoms with Crippen LogP contribution in [0.1, 0.15) is 19.3 Å². The number of benzene rings is 3. The summed E-state index contributed by atoms with van der Waals surface area (Å²) in [5.41, 5.74) is 0.403. The van der Waals surface area contributed by atoms with Gasteiger partial charge in [-0.3, -0.25) is 4.79 Å². The lowest BCUT2D eigenvalue weighted by Crippen LogP contribution is -2.55. The van der Waals surface area contributed by atoms with Gasteiger partial charge in [0.15, 0.2) is 5.82 Å². The van der Waals surface area contributed by atoms with E-state index in [2.05, 4.69) is 22.5 Å². The van der Waals surface area contributed by atoms with Crippen molar-refractivity contribution in [3.63, 3.8) is 0 Å². The van der Waals surface area contributed by atoms with E-state index in [1.807, 2.05) is 30.1 Å². The predicted octanol–water partition coefficient (Wildman–Crippen LogP) is 5.54. The van der Waals surface area contributed by atoms with Crippen LogP contribution in [0.25, 0.3) is 32.8 Å². The summed E-state index contributed by atoms with van der Waals surface area (Å²) in [5.74, 6) is -0.921. The van der Waals surface area contributed by atoms with Crippen molar-refractivity contribution < 1.29 is 19.0 Å². The molecule has 4 aromatic rings. The molecule has 3 heterocycles. The molecule has 0 saturated carbocycles. The van der Waals surface area contributed by atoms with Gasteiger partial charge in [-0.05, 0) is 55.6 Å². The zero-order valence-electron chi connectivity index (χ0n) is 24.3. The number of nitriles is 1. The van der Waals surface area contributed by atoms with Gasteiger partial charge in [-0.25, -0.2) is 4.39 Å². The van der Waals surface area contributed by atoms with E-state index < -0.39 is 11.9 Å². The Morgan fingerprint density at radius 3 is 2.75 bits per heavy atom. The smallest absolute Gasteiger partial charge is 0.319 e. The van der Waals surface area contributed by atoms with E-state index in [-0.39, 0.29) is 47.8 Å². The van der Waals surface area contributed by atoms with Gasteiger partial charge in [-0.2, -0.15) is 15.2 Å². The highest BCUT2D eigenvalue weighted by molar-refractivity contribution is 6.36. The molecule has 6 rings (SSSR count). The number of carbonyl (C=O) groups is 1. The van der Waals surface area contributed by atoms with Crippen LogP contribution >= 0.6 is 11.6 Å². The van der Waals surface area contributed by atoms with Gasteiger partial charge < -0.3 is 24.5 Å². The second-order valence-corrected chi connectivity index (χ2v) is 11.6. The first-order chi connectivity index (χ1) is 21.3. The number of carbonyl (C=O) groups excluding carboxylic acids is 1. The Hall–Kier alpha value is -4.46. The highest BCUT2D eigenvalue weighted by Gasteiger charge is 2.32. The van der Waals surface area contributed by atoms with Crippen LogP contribution in [0.15, 0.2) is 55.1 Å². The maximum atomic E-state index is 16.7. The molecule has 3 aromatic carbocycles. The Morgan fingerprint density at radius 1 is 1.23 bits per heavy atom. The van der Waals surface area contributed by atoms with E-state index in [9.17, 15) is 15.2 Å². The molecule has 1 aromatic heterocycles. The molecule has 1 N–H and O–H groups in total. The minimum absolute atomic E-state index is 0.0111. The Bertz CT molecular complexity index is 1810. The van der Waals surface area contributed by atoms with Crippen molar-refractivity contribution >= 4 is 45.0 Å². The highest BCUT2D eigenvalue weighted by Crippen LogP contribution is 2.43. The second kappa shape index (κ2) is 12.3. The number of anilines is 1. The lowest BCUT2D eigenvalue weighted by molar-refractivity contribution is -0.128. The van der Waals surface area contributed by atoms with Gasteiger partial charge in [0.25, 0.3) is 0 Å². The largest absolute Gasteiger partial charge is 0.507 e. The summed E-state index contributed by atoms with van der Waals surface area (Å²) in [5, 5.41) is 23.0. The van der Waals surface area contributed by atoms with Crippen molar-refractivity contribution in [1.82, 2.24) is 19.8 Å². The summed E-state index contributed by atoms with van der Waals surface area (Å²) in [6, 6.07) is 14.2. The molecule has 226 valence electrons. The first-order valence-electron chi connectivity index (χ1n) is 14.6. The number of aromatic nitrogens is 2. The molecule has 2 aliphatic rings. The number of rotatable bonds is 7. The first-order valence-corrected chi connectivity index (χ1v) is 15.0. The average molecular weight is 615 g/mol. The zero-order chi connectivity index (χ0) is 31.0. The number of piperazine rings is 1. The van der Waals surface area contributed by atoms with Crippen LogP contribution in [0, 0.1) is 17.1 Å². The summed E-state index contributed by atoms with van der Waals surface area (Å²) in [7, 11) is 2.04. The molecule has 2 saturated heterocycles. The molecular weight excluding hydrogens is 583 g/mol. The summed E-state index contributed by atoms with van der Waals surface area (Å²) < 4.78 is 22.8. The molecule has 2 atom stereocenters. The summed E-state index contributed by atoms with van der Waals surface area (Å²) in [4.78, 5) is 27.5. The molecule has 44 heavy (non-hydrogen) atoms. The van der Waals surface area contributed by atoms with E-state index in [0.717, 1.165) is 24.8 Å². The summed E-state index contributed by atoms with van der Waals surface area (Å²) in [6.45, 7) is 5.84. The minimum atomic E-state index is -0.729. The van der Waals surface area contributed by atoms with Crippen molar-refractivity contribution in [2.45, 2.75) is 31.3 Å². The van der Waals surface area contributed by atoms with E-state index in [4.69, 9.17) is 21.3 Å². The molecule has 0 aliphatic carbocycles. The first kappa shape index (κ1) is 29.6. The number of fused-ring (bicyclic) bond motifs is 2. The van der Waals surface area contributed by atoms with E-state index >= 15 is 4.39 Å². The molecule has 1 amide bonds. The molecular formula is C33H32ClFN6O3. The highest BCUT2D eigenvalue weighted by atomic mass is 35.5. The maximum Gasteiger partial charge on any atom is 0.319 e. The Kier molecular flexibility index (Phi) is 8.25. The Morgan fingerprint density at radius 2 is 2.02 bits per heavy atom. The van der Waals surface area contributed by atoms with Crippen molar-refractivity contribution in [2.75, 3.05) is 44.7 Å². The van der Waals surface area contributed by atoms with Gasteiger partial charge in [-0.1, -0.05) is 48.5 Å². The maximum absolute atomic E-state index is 16.7. The van der Waals surface area contributed by atoms with Crippen molar-refractivity contribution in [3.05, 3.63) is 66.0 Å². The molecule has 0 unspecified atom stereocenters. The summed E-state index contributed by atoms with van der Waals surface area (Å²) >= 11 is 6.57. The van der Waals surface area contributed by atoms with Gasteiger partial charge in [0.1, 0.15) is 23.7 Å². The fourth-order valence-corrected chi connectivity index (χ4v) is 6.62. The fraction of sp³-hybridized carbons (Fsp3) is 0.333. The van der Waals surface area contributed by atoms with E-state index in [1.54, 1.807) is 23.1 Å². The van der Waals surface area contributed by atoms with Gasteiger partial charge in [0.05, 0.1) is 24.1 Å². The lowest BCUT2D eigenvalue weighted by Gasteiger charge is -2.41. The quantitative estimate of drug-likeness (QED) is 0.271. The molecule has 2 fully saturated rings.